The van der Waals surface area contributed by atoms with Crippen molar-refractivity contribution in [3.63, 3.8) is 0 Å². The molecule has 0 heterocycles. The third-order valence-electron chi connectivity index (χ3n) is 3.37. The second-order valence-corrected chi connectivity index (χ2v) is 6.48. The standard InChI is InChI=1S/C17H21NO7/c1-17(2,3)13(19)9-25-11-6-4-10(5-7-11)8-12(15(21)22)18-14(20)16(23)24/h4-7,12H,8-9H2,1-3H3,(H,18,20)(H,21,22)(H,23,24)/t12-/m1/s1. The van der Waals surface area contributed by atoms with Gasteiger partial charge in [0.2, 0.25) is 0 Å². The van der Waals surface area contributed by atoms with Crippen LogP contribution < -0.4 is 10.1 Å². The van der Waals surface area contributed by atoms with Gasteiger partial charge in [-0.1, -0.05) is 32.9 Å². The zero-order valence-electron chi connectivity index (χ0n) is 14.2. The summed E-state index contributed by atoms with van der Waals surface area (Å²) in [5.41, 5.74) is 0.0596. The van der Waals surface area contributed by atoms with Gasteiger partial charge in [0.1, 0.15) is 18.4 Å². The van der Waals surface area contributed by atoms with E-state index in [-0.39, 0.29) is 18.8 Å². The number of carboxylic acids is 2. The number of amides is 1. The lowest BCUT2D eigenvalue weighted by molar-refractivity contribution is -0.152. The summed E-state index contributed by atoms with van der Waals surface area (Å²) in [6, 6.07) is 4.95. The van der Waals surface area contributed by atoms with Crippen LogP contribution in [0.2, 0.25) is 0 Å². The Balaban J connectivity index is 2.68. The molecule has 1 aromatic rings. The summed E-state index contributed by atoms with van der Waals surface area (Å²) >= 11 is 0. The molecule has 0 aliphatic heterocycles. The van der Waals surface area contributed by atoms with Crippen molar-refractivity contribution in [3.8, 4) is 5.75 Å². The molecule has 0 unspecified atom stereocenters. The summed E-state index contributed by atoms with van der Waals surface area (Å²) in [6.45, 7) is 5.30. The van der Waals surface area contributed by atoms with Crippen molar-refractivity contribution in [1.82, 2.24) is 5.32 Å². The van der Waals surface area contributed by atoms with Crippen molar-refractivity contribution in [2.45, 2.75) is 33.2 Å². The maximum absolute atomic E-state index is 11.8. The summed E-state index contributed by atoms with van der Waals surface area (Å²) < 4.78 is 5.38. The highest BCUT2D eigenvalue weighted by molar-refractivity contribution is 6.31. The number of hydrogen-bond donors (Lipinski definition) is 3. The van der Waals surface area contributed by atoms with Crippen LogP contribution in [0.4, 0.5) is 0 Å². The van der Waals surface area contributed by atoms with Crippen LogP contribution in [-0.2, 0) is 25.6 Å². The largest absolute Gasteiger partial charge is 0.486 e. The van der Waals surface area contributed by atoms with Gasteiger partial charge >= 0.3 is 17.8 Å². The minimum absolute atomic E-state index is 0.0566. The number of benzene rings is 1. The third-order valence-corrected chi connectivity index (χ3v) is 3.37. The van der Waals surface area contributed by atoms with Crippen molar-refractivity contribution in [2.24, 2.45) is 5.41 Å². The van der Waals surface area contributed by atoms with Gasteiger partial charge in [-0.2, -0.15) is 0 Å². The van der Waals surface area contributed by atoms with Crippen LogP contribution in [0.15, 0.2) is 24.3 Å². The van der Waals surface area contributed by atoms with Crippen LogP contribution in [0.25, 0.3) is 0 Å². The number of Topliss-reactive ketones (excluding diaryl/α,β-unsaturated/α-hetero) is 1. The molecule has 0 aromatic heterocycles. The van der Waals surface area contributed by atoms with Gasteiger partial charge in [-0.15, -0.1) is 0 Å². The van der Waals surface area contributed by atoms with E-state index in [2.05, 4.69) is 0 Å². The Morgan fingerprint density at radius 2 is 1.64 bits per heavy atom. The molecule has 25 heavy (non-hydrogen) atoms. The van der Waals surface area contributed by atoms with E-state index in [1.807, 2.05) is 5.32 Å². The third kappa shape index (κ3) is 6.62. The minimum Gasteiger partial charge on any atom is -0.486 e. The van der Waals surface area contributed by atoms with Gasteiger partial charge in [-0.05, 0) is 17.7 Å². The molecule has 0 radical (unpaired) electrons. The van der Waals surface area contributed by atoms with Crippen LogP contribution >= 0.6 is 0 Å². The molecule has 136 valence electrons. The van der Waals surface area contributed by atoms with Gasteiger partial charge in [0, 0.05) is 11.8 Å². The topological polar surface area (TPSA) is 130 Å². The van der Waals surface area contributed by atoms with Gasteiger partial charge in [-0.3, -0.25) is 9.59 Å². The molecule has 0 aliphatic carbocycles. The average molecular weight is 351 g/mol. The molecule has 1 atom stereocenters. The summed E-state index contributed by atoms with van der Waals surface area (Å²) in [5, 5.41) is 19.5. The van der Waals surface area contributed by atoms with Crippen molar-refractivity contribution in [1.29, 1.82) is 0 Å². The number of ether oxygens (including phenoxy) is 1. The number of rotatable bonds is 7. The van der Waals surface area contributed by atoms with E-state index >= 15 is 0 Å². The van der Waals surface area contributed by atoms with Gasteiger partial charge in [-0.25, -0.2) is 9.59 Å². The smallest absolute Gasteiger partial charge is 0.394 e. The predicted octanol–water partition coefficient (Wildman–Crippen LogP) is 0.877. The lowest BCUT2D eigenvalue weighted by Gasteiger charge is -2.17. The maximum atomic E-state index is 11.8. The second kappa shape index (κ2) is 8.27. The van der Waals surface area contributed by atoms with E-state index in [9.17, 15) is 19.2 Å². The van der Waals surface area contributed by atoms with E-state index in [0.717, 1.165) is 0 Å². The number of carbonyl (C=O) groups excluding carboxylic acids is 2. The van der Waals surface area contributed by atoms with Gasteiger partial charge in [0.15, 0.2) is 5.78 Å². The summed E-state index contributed by atoms with van der Waals surface area (Å²) in [6.07, 6.45) is -0.0877. The van der Waals surface area contributed by atoms with Crippen LogP contribution in [0.5, 0.6) is 5.75 Å². The number of nitrogens with one attached hydrogen (secondary N) is 1. The highest BCUT2D eigenvalue weighted by Crippen LogP contribution is 2.17. The van der Waals surface area contributed by atoms with Crippen LogP contribution in [0, 0.1) is 5.41 Å². The Bertz CT molecular complexity index is 659. The Kier molecular flexibility index (Phi) is 6.67. The first-order chi connectivity index (χ1) is 11.5. The Morgan fingerprint density at radius 3 is 2.08 bits per heavy atom. The Labute approximate surface area is 144 Å². The second-order valence-electron chi connectivity index (χ2n) is 6.48. The first-order valence-electron chi connectivity index (χ1n) is 7.52. The van der Waals surface area contributed by atoms with Gasteiger partial charge < -0.3 is 20.3 Å². The zero-order valence-corrected chi connectivity index (χ0v) is 14.2. The molecular formula is C17H21NO7. The summed E-state index contributed by atoms with van der Waals surface area (Å²) in [4.78, 5) is 44.5. The number of carboxylic acid groups (broad SMARTS) is 2. The average Bonchev–Trinajstić information content (AvgIpc) is 2.51. The molecule has 1 aromatic carbocycles. The normalized spacial score (nSPS) is 12.1. The number of hydrogen-bond acceptors (Lipinski definition) is 5. The highest BCUT2D eigenvalue weighted by Gasteiger charge is 2.24. The molecule has 0 aliphatic rings. The van der Waals surface area contributed by atoms with E-state index in [1.165, 1.54) is 0 Å². The fourth-order valence-corrected chi connectivity index (χ4v) is 1.74. The fraction of sp³-hybridized carbons (Fsp3) is 0.412. The quantitative estimate of drug-likeness (QED) is 0.622. The fourth-order valence-electron chi connectivity index (χ4n) is 1.74. The molecular weight excluding hydrogens is 330 g/mol. The minimum atomic E-state index is -1.75. The monoisotopic (exact) mass is 351 g/mol. The zero-order chi connectivity index (χ0) is 19.2. The first-order valence-corrected chi connectivity index (χ1v) is 7.52. The molecule has 1 amide bonds. The Hall–Kier alpha value is -2.90. The maximum Gasteiger partial charge on any atom is 0.394 e. The lowest BCUT2D eigenvalue weighted by Crippen LogP contribution is -2.45. The molecule has 0 fully saturated rings. The van der Waals surface area contributed by atoms with Gasteiger partial charge in [0.05, 0.1) is 0 Å². The van der Waals surface area contributed by atoms with Crippen molar-refractivity contribution in [2.75, 3.05) is 6.61 Å². The number of carbonyl (C=O) groups is 4. The van der Waals surface area contributed by atoms with E-state index < -0.39 is 29.3 Å². The van der Waals surface area contributed by atoms with Crippen molar-refractivity contribution >= 4 is 23.6 Å². The summed E-state index contributed by atoms with van der Waals surface area (Å²) in [5.74, 6) is -4.08. The summed E-state index contributed by atoms with van der Waals surface area (Å²) in [7, 11) is 0. The van der Waals surface area contributed by atoms with Crippen molar-refractivity contribution in [3.05, 3.63) is 29.8 Å². The molecule has 8 nitrogen and oxygen atoms in total. The van der Waals surface area contributed by atoms with Gasteiger partial charge in [0.25, 0.3) is 0 Å². The highest BCUT2D eigenvalue weighted by atomic mass is 16.5. The van der Waals surface area contributed by atoms with Crippen LogP contribution in [0.3, 0.4) is 0 Å². The predicted molar refractivity (Wildman–Crippen MR) is 87.3 cm³/mol. The molecule has 3 N–H and O–H groups in total. The number of aliphatic carboxylic acids is 2. The van der Waals surface area contributed by atoms with Crippen LogP contribution in [0.1, 0.15) is 26.3 Å². The van der Waals surface area contributed by atoms with E-state index in [4.69, 9.17) is 14.9 Å². The van der Waals surface area contributed by atoms with Crippen LogP contribution in [-0.4, -0.2) is 46.5 Å². The number of ketones is 1. The lowest BCUT2D eigenvalue weighted by atomic mass is 9.91. The molecule has 1 rings (SSSR count). The molecule has 0 saturated carbocycles. The molecule has 8 heteroatoms. The van der Waals surface area contributed by atoms with Crippen molar-refractivity contribution < 1.29 is 34.1 Å². The molecule has 0 saturated heterocycles. The molecule has 0 spiro atoms. The Morgan fingerprint density at radius 1 is 1.08 bits per heavy atom. The SMILES string of the molecule is CC(C)(C)C(=O)COc1ccc(C[C@@H](NC(=O)C(=O)O)C(=O)O)cc1. The van der Waals surface area contributed by atoms with E-state index in [0.29, 0.717) is 11.3 Å². The van der Waals surface area contributed by atoms with E-state index in [1.54, 1.807) is 45.0 Å². The molecule has 0 bridgehead atoms. The first kappa shape index (κ1) is 20.1.